The SMILES string of the molecule is CCNC(=NCCCCCOC)N(C)CC1CCOC1. The minimum Gasteiger partial charge on any atom is -0.385 e. The Kier molecular flexibility index (Phi) is 9.41. The van der Waals surface area contributed by atoms with Crippen molar-refractivity contribution in [1.82, 2.24) is 10.2 Å². The van der Waals surface area contributed by atoms with E-state index in [9.17, 15) is 0 Å². The zero-order chi connectivity index (χ0) is 14.6. The second-order valence-electron chi connectivity index (χ2n) is 5.40. The third kappa shape index (κ3) is 7.10. The zero-order valence-corrected chi connectivity index (χ0v) is 13.4. The van der Waals surface area contributed by atoms with Gasteiger partial charge in [0.25, 0.3) is 0 Å². The van der Waals surface area contributed by atoms with Gasteiger partial charge in [0.15, 0.2) is 5.96 Å². The molecular formula is C15H31N3O2. The maximum atomic E-state index is 5.43. The molecular weight excluding hydrogens is 254 g/mol. The molecule has 1 aliphatic rings. The van der Waals surface area contributed by atoms with Crippen LogP contribution in [0.4, 0.5) is 0 Å². The Labute approximate surface area is 123 Å². The highest BCUT2D eigenvalue weighted by Crippen LogP contribution is 2.13. The van der Waals surface area contributed by atoms with Crippen molar-refractivity contribution in [3.05, 3.63) is 0 Å². The molecule has 0 saturated carbocycles. The molecule has 1 unspecified atom stereocenters. The van der Waals surface area contributed by atoms with Crippen LogP contribution in [0.25, 0.3) is 0 Å². The van der Waals surface area contributed by atoms with Gasteiger partial charge in [0.2, 0.25) is 0 Å². The lowest BCUT2D eigenvalue weighted by Crippen LogP contribution is -2.41. The number of ether oxygens (including phenoxy) is 2. The van der Waals surface area contributed by atoms with Gasteiger partial charge in [-0.05, 0) is 32.6 Å². The van der Waals surface area contributed by atoms with Crippen molar-refractivity contribution in [3.8, 4) is 0 Å². The number of hydrogen-bond donors (Lipinski definition) is 1. The predicted octanol–water partition coefficient (Wildman–Crippen LogP) is 1.74. The van der Waals surface area contributed by atoms with Crippen LogP contribution in [0, 0.1) is 5.92 Å². The predicted molar refractivity (Wildman–Crippen MR) is 83.3 cm³/mol. The van der Waals surface area contributed by atoms with E-state index in [2.05, 4.69) is 24.2 Å². The van der Waals surface area contributed by atoms with Crippen molar-refractivity contribution in [3.63, 3.8) is 0 Å². The molecule has 1 heterocycles. The molecule has 1 aliphatic heterocycles. The van der Waals surface area contributed by atoms with E-state index in [1.807, 2.05) is 0 Å². The summed E-state index contributed by atoms with van der Waals surface area (Å²) < 4.78 is 10.5. The van der Waals surface area contributed by atoms with Crippen LogP contribution < -0.4 is 5.32 Å². The molecule has 1 rings (SSSR count). The van der Waals surface area contributed by atoms with Gasteiger partial charge in [-0.25, -0.2) is 0 Å². The van der Waals surface area contributed by atoms with Gasteiger partial charge in [0.05, 0.1) is 6.61 Å². The summed E-state index contributed by atoms with van der Waals surface area (Å²) in [6.07, 6.45) is 4.59. The summed E-state index contributed by atoms with van der Waals surface area (Å²) in [7, 11) is 3.87. The number of guanidine groups is 1. The van der Waals surface area contributed by atoms with Crippen molar-refractivity contribution in [2.75, 3.05) is 53.6 Å². The van der Waals surface area contributed by atoms with E-state index in [1.165, 1.54) is 12.8 Å². The number of aliphatic imine (C=N–C) groups is 1. The molecule has 0 aromatic rings. The summed E-state index contributed by atoms with van der Waals surface area (Å²) in [6, 6.07) is 0. The molecule has 0 aromatic carbocycles. The molecule has 118 valence electrons. The molecule has 0 spiro atoms. The van der Waals surface area contributed by atoms with Gasteiger partial charge < -0.3 is 19.7 Å². The molecule has 1 atom stereocenters. The van der Waals surface area contributed by atoms with Crippen LogP contribution in [-0.4, -0.2) is 64.5 Å². The third-order valence-corrected chi connectivity index (χ3v) is 3.52. The molecule has 20 heavy (non-hydrogen) atoms. The molecule has 0 aliphatic carbocycles. The highest BCUT2D eigenvalue weighted by Gasteiger charge is 2.18. The van der Waals surface area contributed by atoms with Gasteiger partial charge in [-0.3, -0.25) is 4.99 Å². The van der Waals surface area contributed by atoms with Crippen LogP contribution in [0.3, 0.4) is 0 Å². The van der Waals surface area contributed by atoms with Crippen LogP contribution >= 0.6 is 0 Å². The fourth-order valence-electron chi connectivity index (χ4n) is 2.39. The number of rotatable bonds is 9. The minimum absolute atomic E-state index is 0.644. The smallest absolute Gasteiger partial charge is 0.193 e. The van der Waals surface area contributed by atoms with Crippen LogP contribution in [0.5, 0.6) is 0 Å². The number of unbranched alkanes of at least 4 members (excludes halogenated alkanes) is 2. The van der Waals surface area contributed by atoms with E-state index in [-0.39, 0.29) is 0 Å². The molecule has 0 amide bonds. The van der Waals surface area contributed by atoms with Crippen molar-refractivity contribution in [2.24, 2.45) is 10.9 Å². The zero-order valence-electron chi connectivity index (χ0n) is 13.4. The van der Waals surface area contributed by atoms with Crippen LogP contribution in [0.2, 0.25) is 0 Å². The molecule has 5 heteroatoms. The van der Waals surface area contributed by atoms with Gasteiger partial charge in [-0.1, -0.05) is 0 Å². The summed E-state index contributed by atoms with van der Waals surface area (Å²) in [5.74, 6) is 1.66. The van der Waals surface area contributed by atoms with E-state index in [0.29, 0.717) is 5.92 Å². The number of hydrogen-bond acceptors (Lipinski definition) is 3. The van der Waals surface area contributed by atoms with E-state index in [4.69, 9.17) is 14.5 Å². The van der Waals surface area contributed by atoms with Gasteiger partial charge in [-0.15, -0.1) is 0 Å². The number of nitrogens with one attached hydrogen (secondary N) is 1. The van der Waals surface area contributed by atoms with E-state index < -0.39 is 0 Å². The Balaban J connectivity index is 2.28. The third-order valence-electron chi connectivity index (χ3n) is 3.52. The Bertz CT molecular complexity index is 266. The molecule has 0 aromatic heterocycles. The average molecular weight is 285 g/mol. The standard InChI is InChI=1S/C15H31N3O2/c1-4-16-15(17-9-6-5-7-10-19-3)18(2)12-14-8-11-20-13-14/h14H,4-13H2,1-3H3,(H,16,17). The van der Waals surface area contributed by atoms with E-state index in [0.717, 1.165) is 58.3 Å². The number of nitrogens with zero attached hydrogens (tertiary/aromatic N) is 2. The maximum Gasteiger partial charge on any atom is 0.193 e. The Morgan fingerprint density at radius 2 is 2.25 bits per heavy atom. The minimum atomic E-state index is 0.644. The largest absolute Gasteiger partial charge is 0.385 e. The molecule has 1 fully saturated rings. The molecule has 0 bridgehead atoms. The highest BCUT2D eigenvalue weighted by molar-refractivity contribution is 5.79. The first-order valence-corrected chi connectivity index (χ1v) is 7.84. The first kappa shape index (κ1) is 17.2. The van der Waals surface area contributed by atoms with E-state index in [1.54, 1.807) is 7.11 Å². The van der Waals surface area contributed by atoms with Crippen LogP contribution in [0.15, 0.2) is 4.99 Å². The van der Waals surface area contributed by atoms with E-state index >= 15 is 0 Å². The van der Waals surface area contributed by atoms with Crippen LogP contribution in [0.1, 0.15) is 32.6 Å². The topological polar surface area (TPSA) is 46.1 Å². The van der Waals surface area contributed by atoms with Gasteiger partial charge in [-0.2, -0.15) is 0 Å². The molecule has 5 nitrogen and oxygen atoms in total. The van der Waals surface area contributed by atoms with Crippen LogP contribution in [-0.2, 0) is 9.47 Å². The Hall–Kier alpha value is -0.810. The van der Waals surface area contributed by atoms with Gasteiger partial charge >= 0.3 is 0 Å². The lowest BCUT2D eigenvalue weighted by atomic mass is 10.1. The fraction of sp³-hybridized carbons (Fsp3) is 0.933. The first-order valence-electron chi connectivity index (χ1n) is 7.84. The second-order valence-corrected chi connectivity index (χ2v) is 5.40. The first-order chi connectivity index (χ1) is 9.77. The summed E-state index contributed by atoms with van der Waals surface area (Å²) in [6.45, 7) is 7.58. The molecule has 0 radical (unpaired) electrons. The summed E-state index contributed by atoms with van der Waals surface area (Å²) in [5.41, 5.74) is 0. The normalized spacial score (nSPS) is 19.4. The lowest BCUT2D eigenvalue weighted by Gasteiger charge is -2.24. The quantitative estimate of drug-likeness (QED) is 0.398. The maximum absolute atomic E-state index is 5.43. The summed E-state index contributed by atoms with van der Waals surface area (Å²) in [5, 5.41) is 3.37. The molecule has 1 N–H and O–H groups in total. The monoisotopic (exact) mass is 285 g/mol. The fourth-order valence-corrected chi connectivity index (χ4v) is 2.39. The molecule has 1 saturated heterocycles. The van der Waals surface area contributed by atoms with Crippen molar-refractivity contribution >= 4 is 5.96 Å². The van der Waals surface area contributed by atoms with Crippen molar-refractivity contribution in [2.45, 2.75) is 32.6 Å². The lowest BCUT2D eigenvalue weighted by molar-refractivity contribution is 0.181. The van der Waals surface area contributed by atoms with Gasteiger partial charge in [0.1, 0.15) is 0 Å². The average Bonchev–Trinajstić information content (AvgIpc) is 2.94. The van der Waals surface area contributed by atoms with Crippen molar-refractivity contribution in [1.29, 1.82) is 0 Å². The highest BCUT2D eigenvalue weighted by atomic mass is 16.5. The Morgan fingerprint density at radius 3 is 2.90 bits per heavy atom. The second kappa shape index (κ2) is 10.9. The summed E-state index contributed by atoms with van der Waals surface area (Å²) >= 11 is 0. The number of methoxy groups -OCH3 is 1. The van der Waals surface area contributed by atoms with Crippen molar-refractivity contribution < 1.29 is 9.47 Å². The Morgan fingerprint density at radius 1 is 1.40 bits per heavy atom. The summed E-state index contributed by atoms with van der Waals surface area (Å²) in [4.78, 5) is 6.94. The van der Waals surface area contributed by atoms with Gasteiger partial charge in [0, 0.05) is 52.9 Å².